The molecule has 1 N–H and O–H groups in total. The summed E-state index contributed by atoms with van der Waals surface area (Å²) >= 11 is 0. The molecule has 0 aliphatic carbocycles. The third kappa shape index (κ3) is 4.74. The Morgan fingerprint density at radius 2 is 1.67 bits per heavy atom. The summed E-state index contributed by atoms with van der Waals surface area (Å²) in [5, 5.41) is 11.1. The summed E-state index contributed by atoms with van der Waals surface area (Å²) in [5.74, 6) is -3.32. The van der Waals surface area contributed by atoms with Crippen LogP contribution in [-0.2, 0) is 9.59 Å². The Kier molecular flexibility index (Phi) is 6.45. The first-order valence-corrected chi connectivity index (χ1v) is 10.6. The Balaban J connectivity index is 1.91. The molecule has 1 atom stereocenters. The largest absolute Gasteiger partial charge is 0.573 e. The van der Waals surface area contributed by atoms with Crippen LogP contribution in [0.2, 0.25) is 0 Å². The first-order chi connectivity index (χ1) is 17.0. The second-order valence-electron chi connectivity index (χ2n) is 7.95. The summed E-state index contributed by atoms with van der Waals surface area (Å²) in [7, 11) is 1.45. The normalized spacial score (nSPS) is 17.4. The Bertz CT molecular complexity index is 1370. The Hall–Kier alpha value is -4.34. The molecule has 1 aliphatic rings. The number of hydrogen-bond acceptors (Lipinski definition) is 5. The topological polar surface area (TPSA) is 76.1 Å². The van der Waals surface area contributed by atoms with Crippen LogP contribution in [0.1, 0.15) is 22.7 Å². The molecule has 3 aromatic rings. The Labute approximate surface area is 203 Å². The van der Waals surface area contributed by atoms with Crippen LogP contribution in [0.5, 0.6) is 11.5 Å². The van der Waals surface area contributed by atoms with Gasteiger partial charge in [0.25, 0.3) is 11.7 Å². The number of ketones is 1. The van der Waals surface area contributed by atoms with Crippen molar-refractivity contribution in [1.29, 1.82) is 0 Å². The second-order valence-corrected chi connectivity index (χ2v) is 7.95. The summed E-state index contributed by atoms with van der Waals surface area (Å²) in [6.45, 7) is 1.47. The highest BCUT2D eigenvalue weighted by Gasteiger charge is 2.47. The molecule has 1 amide bonds. The highest BCUT2D eigenvalue weighted by molar-refractivity contribution is 6.51. The number of alkyl halides is 3. The van der Waals surface area contributed by atoms with E-state index in [1.54, 1.807) is 24.3 Å². The zero-order valence-corrected chi connectivity index (χ0v) is 19.0. The van der Waals surface area contributed by atoms with E-state index in [2.05, 4.69) is 4.74 Å². The number of anilines is 1. The quantitative estimate of drug-likeness (QED) is 0.211. The lowest BCUT2D eigenvalue weighted by Crippen LogP contribution is -2.29. The van der Waals surface area contributed by atoms with Gasteiger partial charge in [-0.25, -0.2) is 4.39 Å². The van der Waals surface area contributed by atoms with Crippen LogP contribution in [0, 0.1) is 12.7 Å². The van der Waals surface area contributed by atoms with Crippen molar-refractivity contribution in [3.05, 3.63) is 94.8 Å². The van der Waals surface area contributed by atoms with Gasteiger partial charge in [-0.05, 0) is 60.5 Å². The van der Waals surface area contributed by atoms with Gasteiger partial charge in [0.1, 0.15) is 23.1 Å². The van der Waals surface area contributed by atoms with Crippen molar-refractivity contribution in [3.63, 3.8) is 0 Å². The number of benzene rings is 3. The number of amides is 1. The summed E-state index contributed by atoms with van der Waals surface area (Å²) in [5.41, 5.74) is 0.302. The summed E-state index contributed by atoms with van der Waals surface area (Å²) in [6, 6.07) is 13.3. The number of halogens is 4. The molecule has 36 heavy (non-hydrogen) atoms. The van der Waals surface area contributed by atoms with Crippen molar-refractivity contribution < 1.29 is 41.7 Å². The van der Waals surface area contributed by atoms with Crippen molar-refractivity contribution in [3.8, 4) is 11.5 Å². The van der Waals surface area contributed by atoms with Gasteiger partial charge in [-0.15, -0.1) is 13.2 Å². The molecule has 0 radical (unpaired) electrons. The molecule has 0 saturated carbocycles. The molecule has 1 heterocycles. The number of Topliss-reactive ketones (excluding diaryl/α,β-unsaturated/α-hetero) is 1. The zero-order valence-electron chi connectivity index (χ0n) is 19.0. The average Bonchev–Trinajstić information content (AvgIpc) is 3.10. The molecular weight excluding hydrogens is 482 g/mol. The van der Waals surface area contributed by atoms with Crippen LogP contribution in [-0.4, -0.2) is 30.3 Å². The van der Waals surface area contributed by atoms with Crippen molar-refractivity contribution in [2.45, 2.75) is 19.3 Å². The van der Waals surface area contributed by atoms with E-state index >= 15 is 0 Å². The van der Waals surface area contributed by atoms with E-state index in [0.717, 1.165) is 23.1 Å². The van der Waals surface area contributed by atoms with Crippen molar-refractivity contribution in [2.75, 3.05) is 12.0 Å². The first-order valence-electron chi connectivity index (χ1n) is 10.6. The van der Waals surface area contributed by atoms with Crippen LogP contribution in [0.3, 0.4) is 0 Å². The number of aryl methyl sites for hydroxylation is 1. The van der Waals surface area contributed by atoms with E-state index < -0.39 is 41.4 Å². The zero-order chi connectivity index (χ0) is 26.2. The fourth-order valence-corrected chi connectivity index (χ4v) is 3.98. The second kappa shape index (κ2) is 9.37. The molecule has 1 fully saturated rings. The van der Waals surface area contributed by atoms with Crippen LogP contribution in [0.25, 0.3) is 5.76 Å². The smallest absolute Gasteiger partial charge is 0.507 e. The lowest BCUT2D eigenvalue weighted by atomic mass is 9.94. The monoisotopic (exact) mass is 501 g/mol. The molecule has 1 aliphatic heterocycles. The highest BCUT2D eigenvalue weighted by atomic mass is 19.4. The summed E-state index contributed by atoms with van der Waals surface area (Å²) in [4.78, 5) is 27.3. The van der Waals surface area contributed by atoms with E-state index in [1.807, 2.05) is 0 Å². The maximum absolute atomic E-state index is 13.8. The first kappa shape index (κ1) is 24.8. The van der Waals surface area contributed by atoms with Gasteiger partial charge in [0.05, 0.1) is 18.7 Å². The Morgan fingerprint density at radius 1 is 0.972 bits per heavy atom. The van der Waals surface area contributed by atoms with Gasteiger partial charge >= 0.3 is 6.36 Å². The number of aliphatic hydroxyl groups is 1. The van der Waals surface area contributed by atoms with Gasteiger partial charge in [0.2, 0.25) is 0 Å². The number of nitrogens with zero attached hydrogens (tertiary/aromatic N) is 1. The van der Waals surface area contributed by atoms with Crippen LogP contribution >= 0.6 is 0 Å². The predicted octanol–water partition coefficient (Wildman–Crippen LogP) is 5.67. The van der Waals surface area contributed by atoms with Gasteiger partial charge in [-0.1, -0.05) is 18.2 Å². The molecule has 4 rings (SSSR count). The molecule has 1 saturated heterocycles. The fourth-order valence-electron chi connectivity index (χ4n) is 3.98. The predicted molar refractivity (Wildman–Crippen MR) is 122 cm³/mol. The van der Waals surface area contributed by atoms with Crippen molar-refractivity contribution >= 4 is 23.1 Å². The van der Waals surface area contributed by atoms with Crippen molar-refractivity contribution in [1.82, 2.24) is 0 Å². The molecule has 10 heteroatoms. The molecule has 1 unspecified atom stereocenters. The number of methoxy groups -OCH3 is 1. The number of carbonyl (C=O) groups excluding carboxylic acids is 2. The minimum atomic E-state index is -4.97. The van der Waals surface area contributed by atoms with Crippen LogP contribution < -0.4 is 14.4 Å². The van der Waals surface area contributed by atoms with Crippen molar-refractivity contribution in [2.24, 2.45) is 0 Å². The number of ether oxygens (including phenoxy) is 2. The third-order valence-corrected chi connectivity index (χ3v) is 5.64. The van der Waals surface area contributed by atoms with E-state index in [9.17, 15) is 32.3 Å². The van der Waals surface area contributed by atoms with Gasteiger partial charge in [0.15, 0.2) is 0 Å². The lowest BCUT2D eigenvalue weighted by molar-refractivity contribution is -0.274. The number of aliphatic hydroxyl groups excluding tert-OH is 1. The van der Waals surface area contributed by atoms with E-state index in [-0.39, 0.29) is 22.4 Å². The summed E-state index contributed by atoms with van der Waals surface area (Å²) < 4.78 is 61.3. The molecule has 0 aromatic heterocycles. The maximum atomic E-state index is 13.8. The minimum Gasteiger partial charge on any atom is -0.507 e. The number of hydrogen-bond donors (Lipinski definition) is 1. The summed E-state index contributed by atoms with van der Waals surface area (Å²) in [6.07, 6.45) is -4.97. The van der Waals surface area contributed by atoms with Gasteiger partial charge < -0.3 is 14.6 Å². The highest BCUT2D eigenvalue weighted by Crippen LogP contribution is 2.43. The third-order valence-electron chi connectivity index (χ3n) is 5.64. The molecular formula is C26H19F4NO5. The standard InChI is InChI=1S/C26H19F4NO5/c1-14-12-16(8-11-20(14)27)23(32)21-22(15-6-9-18(35-2)10-7-15)31(25(34)24(21)33)17-4-3-5-19(13-17)36-26(28,29)30/h3-13,22,32H,1-2H3/b23-21+. The van der Waals surface area contributed by atoms with Gasteiger partial charge in [-0.2, -0.15) is 0 Å². The Morgan fingerprint density at radius 3 is 2.28 bits per heavy atom. The van der Waals surface area contributed by atoms with Crippen LogP contribution in [0.4, 0.5) is 23.2 Å². The molecule has 6 nitrogen and oxygen atoms in total. The average molecular weight is 501 g/mol. The molecule has 3 aromatic carbocycles. The molecule has 0 spiro atoms. The van der Waals surface area contributed by atoms with Crippen LogP contribution in [0.15, 0.2) is 72.3 Å². The van der Waals surface area contributed by atoms with Gasteiger partial charge in [-0.3, -0.25) is 14.5 Å². The number of rotatable bonds is 5. The van der Waals surface area contributed by atoms with E-state index in [0.29, 0.717) is 11.3 Å². The molecule has 0 bridgehead atoms. The van der Waals surface area contributed by atoms with Gasteiger partial charge in [0, 0.05) is 17.3 Å². The maximum Gasteiger partial charge on any atom is 0.573 e. The lowest BCUT2D eigenvalue weighted by Gasteiger charge is -2.26. The fraction of sp³-hybridized carbons (Fsp3) is 0.154. The minimum absolute atomic E-state index is 0.0611. The van der Waals surface area contributed by atoms with E-state index in [1.165, 1.54) is 38.3 Å². The SMILES string of the molecule is COc1ccc(C2/C(=C(\O)c3ccc(F)c(C)c3)C(=O)C(=O)N2c2cccc(OC(F)(F)F)c2)cc1. The van der Waals surface area contributed by atoms with E-state index in [4.69, 9.17) is 4.74 Å². The molecule has 186 valence electrons. The number of carbonyl (C=O) groups is 2.